The Labute approximate surface area is 158 Å². The van der Waals surface area contributed by atoms with E-state index in [4.69, 9.17) is 0 Å². The van der Waals surface area contributed by atoms with Gasteiger partial charge in [-0.15, -0.1) is 0 Å². The molecule has 0 N–H and O–H groups in total. The van der Waals surface area contributed by atoms with Crippen LogP contribution in [0.15, 0.2) is 25.3 Å². The minimum atomic E-state index is -1.38. The monoisotopic (exact) mass is 402 g/mol. The Kier molecular flexibility index (Phi) is 12.6. The van der Waals surface area contributed by atoms with Crippen LogP contribution in [0.5, 0.6) is 0 Å². The molecule has 0 saturated heterocycles. The summed E-state index contributed by atoms with van der Waals surface area (Å²) in [5, 5.41) is 0. The molecule has 0 spiro atoms. The van der Waals surface area contributed by atoms with Crippen LogP contribution in [-0.4, -0.2) is 75.5 Å². The normalized spacial score (nSPS) is 9.29. The fourth-order valence-corrected chi connectivity index (χ4v) is 1.18. The molecule has 0 bridgehead atoms. The van der Waals surface area contributed by atoms with Crippen molar-refractivity contribution in [3.8, 4) is 0 Å². The Morgan fingerprint density at radius 3 is 0.893 bits per heavy atom. The minimum Gasteiger partial charge on any atom is -0.459 e. The zero-order chi connectivity index (χ0) is 21.4. The first-order valence-electron chi connectivity index (χ1n) is 7.58. The maximum Gasteiger partial charge on any atom is 0.417 e. The number of carbonyl (C=O) groups excluding carboxylic acids is 6. The third-order valence-electron chi connectivity index (χ3n) is 2.34. The smallest absolute Gasteiger partial charge is 0.417 e. The van der Waals surface area contributed by atoms with E-state index in [0.29, 0.717) is 0 Å². The third-order valence-corrected chi connectivity index (χ3v) is 2.34. The Balaban J connectivity index is 3.83. The van der Waals surface area contributed by atoms with E-state index in [9.17, 15) is 28.8 Å². The number of ether oxygens (including phenoxy) is 6. The van der Waals surface area contributed by atoms with E-state index in [2.05, 4.69) is 41.6 Å². The van der Waals surface area contributed by atoms with Gasteiger partial charge in [0.25, 0.3) is 0 Å². The fraction of sp³-hybridized carbons (Fsp3) is 0.375. The van der Waals surface area contributed by atoms with Gasteiger partial charge in [0.2, 0.25) is 0 Å². The van der Waals surface area contributed by atoms with Gasteiger partial charge in [0.05, 0.1) is 0 Å². The van der Waals surface area contributed by atoms with Crippen molar-refractivity contribution in [2.75, 3.05) is 39.6 Å². The summed E-state index contributed by atoms with van der Waals surface area (Å²) in [4.78, 5) is 66.4. The molecular formula is C16H18O12. The highest BCUT2D eigenvalue weighted by molar-refractivity contribution is 6.30. The largest absolute Gasteiger partial charge is 0.459 e. The first-order valence-corrected chi connectivity index (χ1v) is 7.58. The molecule has 0 aromatic rings. The minimum absolute atomic E-state index is 0.281. The second kappa shape index (κ2) is 14.5. The van der Waals surface area contributed by atoms with Crippen LogP contribution in [0, 0.1) is 0 Å². The van der Waals surface area contributed by atoms with E-state index in [-0.39, 0.29) is 26.4 Å². The number of carbonyl (C=O) groups is 6. The molecule has 28 heavy (non-hydrogen) atoms. The highest BCUT2D eigenvalue weighted by Crippen LogP contribution is 1.90. The van der Waals surface area contributed by atoms with Crippen LogP contribution >= 0.6 is 0 Å². The van der Waals surface area contributed by atoms with E-state index in [0.717, 1.165) is 12.2 Å². The summed E-state index contributed by atoms with van der Waals surface area (Å²) in [5.74, 6) is -6.91. The number of rotatable bonds is 11. The predicted molar refractivity (Wildman–Crippen MR) is 86.1 cm³/mol. The zero-order valence-electron chi connectivity index (χ0n) is 14.7. The van der Waals surface area contributed by atoms with Gasteiger partial charge in [0, 0.05) is 12.2 Å². The Bertz CT molecular complexity index is 567. The SMILES string of the molecule is C=CC(=O)OCCOC(=O)C(=O)OCCOC(=O)C(=O)OCCOC(=O)C=C. The van der Waals surface area contributed by atoms with Crippen LogP contribution in [-0.2, 0) is 57.2 Å². The summed E-state index contributed by atoms with van der Waals surface area (Å²) in [6.45, 7) is 3.92. The highest BCUT2D eigenvalue weighted by atomic mass is 16.6. The molecule has 0 saturated carbocycles. The summed E-state index contributed by atoms with van der Waals surface area (Å²) >= 11 is 0. The molecule has 12 heteroatoms. The van der Waals surface area contributed by atoms with Gasteiger partial charge in [0.1, 0.15) is 39.6 Å². The number of hydrogen-bond donors (Lipinski definition) is 0. The maximum absolute atomic E-state index is 11.3. The van der Waals surface area contributed by atoms with Crippen LogP contribution in [0.3, 0.4) is 0 Å². The van der Waals surface area contributed by atoms with E-state index in [1.54, 1.807) is 0 Å². The molecular weight excluding hydrogens is 384 g/mol. The van der Waals surface area contributed by atoms with E-state index < -0.39 is 49.0 Å². The van der Waals surface area contributed by atoms with Crippen molar-refractivity contribution in [2.45, 2.75) is 0 Å². The zero-order valence-corrected chi connectivity index (χ0v) is 14.7. The van der Waals surface area contributed by atoms with Crippen LogP contribution in [0.1, 0.15) is 0 Å². The first-order chi connectivity index (χ1) is 13.3. The standard InChI is InChI=1S/C16H18O12/c1-3-11(17)23-5-7-25-13(19)15(21)27-9-10-28-16(22)14(20)26-8-6-24-12(18)4-2/h3-4H,1-2,5-10H2. The summed E-state index contributed by atoms with van der Waals surface area (Å²) in [5.41, 5.74) is 0. The molecule has 0 radical (unpaired) electrons. The second-order valence-electron chi connectivity index (χ2n) is 4.29. The first kappa shape index (κ1) is 24.3. The Morgan fingerprint density at radius 2 is 0.679 bits per heavy atom. The van der Waals surface area contributed by atoms with Crippen LogP contribution in [0.25, 0.3) is 0 Å². The van der Waals surface area contributed by atoms with Gasteiger partial charge in [-0.3, -0.25) is 0 Å². The lowest BCUT2D eigenvalue weighted by atomic mass is 10.6. The van der Waals surface area contributed by atoms with Crippen molar-refractivity contribution < 1.29 is 57.2 Å². The molecule has 154 valence electrons. The molecule has 0 heterocycles. The van der Waals surface area contributed by atoms with Gasteiger partial charge in [-0.25, -0.2) is 28.8 Å². The van der Waals surface area contributed by atoms with Gasteiger partial charge in [-0.2, -0.15) is 0 Å². The lowest BCUT2D eigenvalue weighted by Gasteiger charge is -2.07. The maximum atomic E-state index is 11.3. The molecule has 0 aliphatic heterocycles. The van der Waals surface area contributed by atoms with Crippen molar-refractivity contribution in [3.63, 3.8) is 0 Å². The van der Waals surface area contributed by atoms with Gasteiger partial charge >= 0.3 is 35.8 Å². The predicted octanol–water partition coefficient (Wildman–Crippen LogP) is -1.38. The average Bonchev–Trinajstić information content (AvgIpc) is 2.70. The number of esters is 6. The third kappa shape index (κ3) is 11.8. The number of hydrogen-bond acceptors (Lipinski definition) is 12. The molecule has 0 aliphatic rings. The molecule has 0 aromatic carbocycles. The molecule has 0 unspecified atom stereocenters. The average molecular weight is 402 g/mol. The lowest BCUT2D eigenvalue weighted by Crippen LogP contribution is -2.26. The summed E-state index contributed by atoms with van der Waals surface area (Å²) in [6, 6.07) is 0. The summed E-state index contributed by atoms with van der Waals surface area (Å²) in [6.07, 6.45) is 1.82. The molecule has 0 fully saturated rings. The van der Waals surface area contributed by atoms with Crippen molar-refractivity contribution in [2.24, 2.45) is 0 Å². The van der Waals surface area contributed by atoms with Crippen molar-refractivity contribution in [1.29, 1.82) is 0 Å². The fourth-order valence-electron chi connectivity index (χ4n) is 1.18. The van der Waals surface area contributed by atoms with E-state index in [1.165, 1.54) is 0 Å². The molecule has 0 atom stereocenters. The van der Waals surface area contributed by atoms with Gasteiger partial charge < -0.3 is 28.4 Å². The summed E-state index contributed by atoms with van der Waals surface area (Å²) < 4.78 is 26.8. The summed E-state index contributed by atoms with van der Waals surface area (Å²) in [7, 11) is 0. The van der Waals surface area contributed by atoms with Crippen LogP contribution < -0.4 is 0 Å². The van der Waals surface area contributed by atoms with Crippen LogP contribution in [0.4, 0.5) is 0 Å². The van der Waals surface area contributed by atoms with Crippen molar-refractivity contribution >= 4 is 35.8 Å². The highest BCUT2D eigenvalue weighted by Gasteiger charge is 2.20. The van der Waals surface area contributed by atoms with Crippen LogP contribution in [0.2, 0.25) is 0 Å². The van der Waals surface area contributed by atoms with E-state index in [1.807, 2.05) is 0 Å². The van der Waals surface area contributed by atoms with Gasteiger partial charge in [0.15, 0.2) is 0 Å². The Morgan fingerprint density at radius 1 is 0.464 bits per heavy atom. The van der Waals surface area contributed by atoms with Crippen molar-refractivity contribution in [3.05, 3.63) is 25.3 Å². The molecule has 0 amide bonds. The van der Waals surface area contributed by atoms with Gasteiger partial charge in [-0.1, -0.05) is 13.2 Å². The van der Waals surface area contributed by atoms with Gasteiger partial charge in [-0.05, 0) is 0 Å². The van der Waals surface area contributed by atoms with Crippen molar-refractivity contribution in [1.82, 2.24) is 0 Å². The molecule has 0 aliphatic carbocycles. The quantitative estimate of drug-likeness (QED) is 0.131. The molecule has 12 nitrogen and oxygen atoms in total. The molecule has 0 rings (SSSR count). The van der Waals surface area contributed by atoms with E-state index >= 15 is 0 Å². The second-order valence-corrected chi connectivity index (χ2v) is 4.29. The lowest BCUT2D eigenvalue weighted by molar-refractivity contribution is -0.173. The Hall–Kier alpha value is -3.70. The molecule has 0 aromatic heterocycles. The topological polar surface area (TPSA) is 158 Å².